The molecule has 2 aromatic carbocycles. The predicted molar refractivity (Wildman–Crippen MR) is 121 cm³/mol. The topological polar surface area (TPSA) is 105 Å². The van der Waals surface area contributed by atoms with Crippen molar-refractivity contribution in [2.24, 2.45) is 5.92 Å². The Labute approximate surface area is 192 Å². The maximum absolute atomic E-state index is 12.4. The van der Waals surface area contributed by atoms with E-state index in [1.807, 2.05) is 24.3 Å². The van der Waals surface area contributed by atoms with Gasteiger partial charge >= 0.3 is 12.1 Å². The molecule has 1 saturated heterocycles. The number of hydrogen-bond acceptors (Lipinski definition) is 5. The highest BCUT2D eigenvalue weighted by Gasteiger charge is 2.38. The molecule has 2 aromatic rings. The van der Waals surface area contributed by atoms with E-state index in [1.165, 1.54) is 16.0 Å². The second kappa shape index (κ2) is 10.0. The molecule has 174 valence electrons. The third kappa shape index (κ3) is 4.85. The summed E-state index contributed by atoms with van der Waals surface area (Å²) in [6.45, 7) is 0.859. The van der Waals surface area contributed by atoms with Gasteiger partial charge in [-0.25, -0.2) is 4.79 Å². The fraction of sp³-hybridized carbons (Fsp3) is 0.400. The zero-order chi connectivity index (χ0) is 23.4. The highest BCUT2D eigenvalue weighted by Crippen LogP contribution is 2.44. The molecule has 2 N–H and O–H groups in total. The van der Waals surface area contributed by atoms with Crippen LogP contribution < -0.4 is 5.32 Å². The number of fused-ring (bicyclic) bond motifs is 3. The largest absolute Gasteiger partial charge is 0.481 e. The minimum Gasteiger partial charge on any atom is -0.481 e. The number of likely N-dealkylation sites (N-methyl/N-ethyl adjacent to an activating group) is 1. The Kier molecular flexibility index (Phi) is 6.93. The molecule has 2 unspecified atom stereocenters. The normalized spacial score (nSPS) is 18.9. The fourth-order valence-corrected chi connectivity index (χ4v) is 4.60. The number of nitrogens with one attached hydrogen (secondary N) is 1. The van der Waals surface area contributed by atoms with Crippen molar-refractivity contribution in [3.05, 3.63) is 59.7 Å². The number of carbonyl (C=O) groups excluding carboxylic acids is 2. The standard InChI is InChI=1S/C25H28N2O6/c1-27(22-15-32-13-21(22)24(29)30)23(28)11-6-12-26-25(31)33-14-20-18-9-4-2-7-16(18)17-8-3-5-10-19(17)20/h2-5,7-10,20-22H,6,11-15H2,1H3,(H,26,31)(H,29,30). The number of aliphatic carboxylic acids is 1. The summed E-state index contributed by atoms with van der Waals surface area (Å²) in [5.74, 6) is -1.85. The molecule has 8 heteroatoms. The molecule has 1 fully saturated rings. The number of carboxylic acid groups (broad SMARTS) is 1. The van der Waals surface area contributed by atoms with Gasteiger partial charge in [0.25, 0.3) is 0 Å². The summed E-state index contributed by atoms with van der Waals surface area (Å²) >= 11 is 0. The lowest BCUT2D eigenvalue weighted by Crippen LogP contribution is -2.44. The molecule has 0 saturated carbocycles. The second-order valence-electron chi connectivity index (χ2n) is 8.41. The zero-order valence-electron chi connectivity index (χ0n) is 18.5. The molecule has 1 heterocycles. The fourth-order valence-electron chi connectivity index (χ4n) is 4.60. The number of carboxylic acids is 1. The summed E-state index contributed by atoms with van der Waals surface area (Å²) in [7, 11) is 1.59. The summed E-state index contributed by atoms with van der Waals surface area (Å²) in [5, 5.41) is 11.9. The Hall–Kier alpha value is -3.39. The summed E-state index contributed by atoms with van der Waals surface area (Å²) in [6, 6.07) is 15.8. The van der Waals surface area contributed by atoms with E-state index < -0.39 is 24.0 Å². The van der Waals surface area contributed by atoms with Crippen molar-refractivity contribution in [1.29, 1.82) is 0 Å². The van der Waals surface area contributed by atoms with Crippen LogP contribution in [0.3, 0.4) is 0 Å². The van der Waals surface area contributed by atoms with Gasteiger partial charge in [-0.05, 0) is 28.7 Å². The molecule has 2 amide bonds. The van der Waals surface area contributed by atoms with E-state index in [2.05, 4.69) is 29.6 Å². The monoisotopic (exact) mass is 452 g/mol. The van der Waals surface area contributed by atoms with E-state index in [0.29, 0.717) is 13.0 Å². The number of benzene rings is 2. The lowest BCUT2D eigenvalue weighted by Gasteiger charge is -2.26. The number of carbonyl (C=O) groups is 3. The molecule has 0 spiro atoms. The number of ether oxygens (including phenoxy) is 2. The first-order valence-corrected chi connectivity index (χ1v) is 11.1. The zero-order valence-corrected chi connectivity index (χ0v) is 18.5. The van der Waals surface area contributed by atoms with Crippen LogP contribution in [0.15, 0.2) is 48.5 Å². The summed E-state index contributed by atoms with van der Waals surface area (Å²) in [6.07, 6.45) is 0.106. The molecule has 8 nitrogen and oxygen atoms in total. The maximum atomic E-state index is 12.4. The first-order valence-electron chi connectivity index (χ1n) is 11.1. The SMILES string of the molecule is CN(C(=O)CCCNC(=O)OCC1c2ccccc2-c2ccccc21)C1COCC1C(=O)O. The van der Waals surface area contributed by atoms with Gasteiger partial charge in [0.2, 0.25) is 5.91 Å². The van der Waals surface area contributed by atoms with Crippen molar-refractivity contribution in [2.75, 3.05) is 33.4 Å². The minimum absolute atomic E-state index is 0.00538. The van der Waals surface area contributed by atoms with Crippen LogP contribution in [0, 0.1) is 5.92 Å². The summed E-state index contributed by atoms with van der Waals surface area (Å²) < 4.78 is 10.7. The molecule has 2 aliphatic rings. The van der Waals surface area contributed by atoms with Gasteiger partial charge in [-0.1, -0.05) is 48.5 Å². The van der Waals surface area contributed by atoms with Crippen molar-refractivity contribution < 1.29 is 29.0 Å². The van der Waals surface area contributed by atoms with Gasteiger partial charge < -0.3 is 24.8 Å². The lowest BCUT2D eigenvalue weighted by atomic mass is 9.98. The average molecular weight is 453 g/mol. The van der Waals surface area contributed by atoms with E-state index in [1.54, 1.807) is 7.05 Å². The van der Waals surface area contributed by atoms with E-state index in [-0.39, 0.29) is 38.1 Å². The van der Waals surface area contributed by atoms with Crippen LogP contribution in [-0.4, -0.2) is 67.4 Å². The van der Waals surface area contributed by atoms with Gasteiger partial charge in [0.05, 0.1) is 19.3 Å². The molecule has 0 aromatic heterocycles. The number of amides is 2. The highest BCUT2D eigenvalue weighted by molar-refractivity contribution is 5.79. The van der Waals surface area contributed by atoms with Crippen LogP contribution >= 0.6 is 0 Å². The summed E-state index contributed by atoms with van der Waals surface area (Å²) in [4.78, 5) is 37.4. The van der Waals surface area contributed by atoms with Gasteiger partial charge in [0.15, 0.2) is 0 Å². The number of rotatable bonds is 8. The molecule has 2 atom stereocenters. The Balaban J connectivity index is 1.22. The van der Waals surface area contributed by atoms with Crippen molar-refractivity contribution in [3.8, 4) is 11.1 Å². The van der Waals surface area contributed by atoms with Gasteiger partial charge in [-0.2, -0.15) is 0 Å². The Bertz CT molecular complexity index is 994. The molecule has 0 bridgehead atoms. The van der Waals surface area contributed by atoms with Crippen LogP contribution in [0.1, 0.15) is 29.9 Å². The van der Waals surface area contributed by atoms with E-state index in [4.69, 9.17) is 9.47 Å². The van der Waals surface area contributed by atoms with Crippen LogP contribution in [0.4, 0.5) is 4.79 Å². The van der Waals surface area contributed by atoms with Crippen molar-refractivity contribution in [1.82, 2.24) is 10.2 Å². The van der Waals surface area contributed by atoms with E-state index >= 15 is 0 Å². The lowest BCUT2D eigenvalue weighted by molar-refractivity contribution is -0.144. The predicted octanol–water partition coefficient (Wildman–Crippen LogP) is 2.86. The molecule has 1 aliphatic heterocycles. The molecule has 0 radical (unpaired) electrons. The van der Waals surface area contributed by atoms with Gasteiger partial charge in [0.1, 0.15) is 12.5 Å². The second-order valence-corrected chi connectivity index (χ2v) is 8.41. The molecule has 33 heavy (non-hydrogen) atoms. The van der Waals surface area contributed by atoms with E-state index in [9.17, 15) is 19.5 Å². The quantitative estimate of drug-likeness (QED) is 0.597. The highest BCUT2D eigenvalue weighted by atomic mass is 16.5. The Morgan fingerprint density at radius 1 is 1.06 bits per heavy atom. The van der Waals surface area contributed by atoms with Crippen LogP contribution in [0.5, 0.6) is 0 Å². The molecular formula is C25H28N2O6. The average Bonchev–Trinajstić information content (AvgIpc) is 3.43. The van der Waals surface area contributed by atoms with Crippen LogP contribution in [0.25, 0.3) is 11.1 Å². The van der Waals surface area contributed by atoms with Gasteiger partial charge in [0, 0.05) is 25.9 Å². The van der Waals surface area contributed by atoms with Gasteiger partial charge in [-0.3, -0.25) is 9.59 Å². The third-order valence-corrected chi connectivity index (χ3v) is 6.44. The maximum Gasteiger partial charge on any atom is 0.407 e. The van der Waals surface area contributed by atoms with E-state index in [0.717, 1.165) is 11.1 Å². The number of alkyl carbamates (subject to hydrolysis) is 1. The smallest absolute Gasteiger partial charge is 0.407 e. The minimum atomic E-state index is -0.964. The summed E-state index contributed by atoms with van der Waals surface area (Å²) in [5.41, 5.74) is 4.64. The van der Waals surface area contributed by atoms with Crippen molar-refractivity contribution in [2.45, 2.75) is 24.8 Å². The Morgan fingerprint density at radius 2 is 1.70 bits per heavy atom. The molecule has 1 aliphatic carbocycles. The van der Waals surface area contributed by atoms with Crippen molar-refractivity contribution in [3.63, 3.8) is 0 Å². The van der Waals surface area contributed by atoms with Gasteiger partial charge in [-0.15, -0.1) is 0 Å². The van der Waals surface area contributed by atoms with Crippen LogP contribution in [-0.2, 0) is 19.1 Å². The third-order valence-electron chi connectivity index (χ3n) is 6.44. The first-order chi connectivity index (χ1) is 16.0. The first kappa shape index (κ1) is 22.8. The molecular weight excluding hydrogens is 424 g/mol. The Morgan fingerprint density at radius 3 is 2.33 bits per heavy atom. The number of nitrogens with zero attached hydrogens (tertiary/aromatic N) is 1. The number of hydrogen-bond donors (Lipinski definition) is 2. The van der Waals surface area contributed by atoms with Crippen LogP contribution in [0.2, 0.25) is 0 Å². The molecule has 4 rings (SSSR count). The van der Waals surface area contributed by atoms with Crippen molar-refractivity contribution >= 4 is 18.0 Å².